The fraction of sp³-hybridized carbons (Fsp3) is 0.0333. The van der Waals surface area contributed by atoms with Crippen LogP contribution in [0.3, 0.4) is 0 Å². The lowest BCUT2D eigenvalue weighted by Gasteiger charge is -2.11. The molecule has 0 aliphatic carbocycles. The first-order valence-electron chi connectivity index (χ1n) is 11.9. The third kappa shape index (κ3) is 5.99. The molecule has 2 N–H and O–H groups in total. The quantitative estimate of drug-likeness (QED) is 0.226. The van der Waals surface area contributed by atoms with Crippen LogP contribution in [-0.4, -0.2) is 21.6 Å². The molecule has 0 aliphatic rings. The summed E-state index contributed by atoms with van der Waals surface area (Å²) in [5.74, 6) is -0.259. The molecule has 3 aromatic carbocycles. The van der Waals surface area contributed by atoms with Crippen molar-refractivity contribution in [2.24, 2.45) is 0 Å². The normalized spacial score (nSPS) is 11.2. The highest BCUT2D eigenvalue weighted by Crippen LogP contribution is 2.27. The van der Waals surface area contributed by atoms with E-state index in [1.54, 1.807) is 47.2 Å². The number of amides is 2. The predicted octanol–water partition coefficient (Wildman–Crippen LogP) is 5.98. The van der Waals surface area contributed by atoms with E-state index in [2.05, 4.69) is 26.6 Å². The number of hydrogen-bond acceptors (Lipinski definition) is 4. The van der Waals surface area contributed by atoms with E-state index in [4.69, 9.17) is 9.52 Å². The molecular weight excluding hydrogens is 544 g/mol. The average Bonchev–Trinajstić information content (AvgIpc) is 3.63. The maximum atomic E-state index is 13.3. The van der Waals surface area contributed by atoms with Gasteiger partial charge in [0.05, 0.1) is 18.5 Å². The van der Waals surface area contributed by atoms with Crippen molar-refractivity contribution in [2.75, 3.05) is 0 Å². The van der Waals surface area contributed by atoms with Gasteiger partial charge < -0.3 is 15.1 Å². The van der Waals surface area contributed by atoms with Crippen LogP contribution in [0, 0.1) is 0 Å². The van der Waals surface area contributed by atoms with Gasteiger partial charge in [0.25, 0.3) is 11.8 Å². The summed E-state index contributed by atoms with van der Waals surface area (Å²) in [6.07, 6.45) is 5.02. The Morgan fingerprint density at radius 3 is 2.29 bits per heavy atom. The summed E-state index contributed by atoms with van der Waals surface area (Å²) < 4.78 is 8.02. The molecule has 2 amide bonds. The first-order chi connectivity index (χ1) is 18.6. The topological polar surface area (TPSA) is 89.2 Å². The van der Waals surface area contributed by atoms with Crippen molar-refractivity contribution in [3.8, 4) is 16.9 Å². The minimum atomic E-state index is -0.458. The largest absolute Gasteiger partial charge is 0.467 e. The molecule has 0 bridgehead atoms. The molecule has 5 rings (SSSR count). The molecule has 7 nitrogen and oxygen atoms in total. The minimum absolute atomic E-state index is 0.0800. The average molecular weight is 567 g/mol. The van der Waals surface area contributed by atoms with Crippen molar-refractivity contribution >= 4 is 33.8 Å². The molecule has 188 valence electrons. The maximum Gasteiger partial charge on any atom is 0.268 e. The van der Waals surface area contributed by atoms with E-state index in [0.29, 0.717) is 22.6 Å². The molecular formula is C30H23BrN4O3. The second kappa shape index (κ2) is 11.6. The number of hydrogen-bond donors (Lipinski definition) is 2. The van der Waals surface area contributed by atoms with Crippen LogP contribution in [0.4, 0.5) is 0 Å². The SMILES string of the molecule is O=C(NCc1ccco1)/C(=C/c1cn(-c2ccccc2)nc1-c1ccc(Br)cc1)NC(=O)c1ccccc1. The molecule has 2 aromatic heterocycles. The molecule has 0 aliphatic heterocycles. The molecule has 0 saturated carbocycles. The van der Waals surface area contributed by atoms with Crippen LogP contribution >= 0.6 is 15.9 Å². The van der Waals surface area contributed by atoms with Gasteiger partial charge in [-0.2, -0.15) is 5.10 Å². The summed E-state index contributed by atoms with van der Waals surface area (Å²) in [5.41, 5.74) is 3.56. The summed E-state index contributed by atoms with van der Waals surface area (Å²) in [6.45, 7) is 0.174. The predicted molar refractivity (Wildman–Crippen MR) is 149 cm³/mol. The lowest BCUT2D eigenvalue weighted by molar-refractivity contribution is -0.118. The smallest absolute Gasteiger partial charge is 0.268 e. The molecule has 38 heavy (non-hydrogen) atoms. The molecule has 0 spiro atoms. The Labute approximate surface area is 227 Å². The second-order valence-corrected chi connectivity index (χ2v) is 9.28. The zero-order valence-corrected chi connectivity index (χ0v) is 21.8. The van der Waals surface area contributed by atoms with Crippen LogP contribution in [0.5, 0.6) is 0 Å². The summed E-state index contributed by atoms with van der Waals surface area (Å²) in [4.78, 5) is 26.3. The number of carbonyl (C=O) groups is 2. The summed E-state index contributed by atoms with van der Waals surface area (Å²) in [6, 6.07) is 29.7. The third-order valence-corrected chi connectivity index (χ3v) is 6.24. The highest BCUT2D eigenvalue weighted by molar-refractivity contribution is 9.10. The zero-order valence-electron chi connectivity index (χ0n) is 20.2. The summed E-state index contributed by atoms with van der Waals surface area (Å²) >= 11 is 3.48. The zero-order chi connectivity index (χ0) is 26.3. The van der Waals surface area contributed by atoms with Gasteiger partial charge in [0, 0.05) is 27.4 Å². The molecule has 0 saturated heterocycles. The number of para-hydroxylation sites is 1. The lowest BCUT2D eigenvalue weighted by atomic mass is 10.1. The fourth-order valence-corrected chi connectivity index (χ4v) is 4.08. The van der Waals surface area contributed by atoms with Crippen LogP contribution in [0.15, 0.2) is 124 Å². The summed E-state index contributed by atoms with van der Waals surface area (Å²) in [5, 5.41) is 10.4. The van der Waals surface area contributed by atoms with E-state index in [1.807, 2.05) is 66.9 Å². The van der Waals surface area contributed by atoms with Crippen molar-refractivity contribution in [1.29, 1.82) is 0 Å². The standard InChI is InChI=1S/C30H23BrN4O3/c31-24-15-13-21(14-16-24)28-23(20-35(34-28)25-10-5-2-6-11-25)18-27(30(37)32-19-26-12-7-17-38-26)33-29(36)22-8-3-1-4-9-22/h1-18,20H,19H2,(H,32,37)(H,33,36)/b27-18-. The second-order valence-electron chi connectivity index (χ2n) is 8.36. The van der Waals surface area contributed by atoms with Crippen LogP contribution in [0.25, 0.3) is 23.0 Å². The van der Waals surface area contributed by atoms with E-state index < -0.39 is 11.8 Å². The van der Waals surface area contributed by atoms with Gasteiger partial charge in [-0.3, -0.25) is 9.59 Å². The minimum Gasteiger partial charge on any atom is -0.467 e. The van der Waals surface area contributed by atoms with Crippen LogP contribution in [0.1, 0.15) is 21.7 Å². The molecule has 0 fully saturated rings. The van der Waals surface area contributed by atoms with Gasteiger partial charge in [0.1, 0.15) is 17.2 Å². The number of rotatable bonds is 8. The highest BCUT2D eigenvalue weighted by Gasteiger charge is 2.18. The molecule has 8 heteroatoms. The van der Waals surface area contributed by atoms with E-state index in [9.17, 15) is 9.59 Å². The van der Waals surface area contributed by atoms with Gasteiger partial charge >= 0.3 is 0 Å². The molecule has 2 heterocycles. The molecule has 5 aromatic rings. The van der Waals surface area contributed by atoms with E-state index in [-0.39, 0.29) is 12.2 Å². The van der Waals surface area contributed by atoms with E-state index >= 15 is 0 Å². The van der Waals surface area contributed by atoms with Gasteiger partial charge in [0.2, 0.25) is 0 Å². The van der Waals surface area contributed by atoms with E-state index in [0.717, 1.165) is 15.7 Å². The van der Waals surface area contributed by atoms with E-state index in [1.165, 1.54) is 6.26 Å². The van der Waals surface area contributed by atoms with Crippen LogP contribution in [-0.2, 0) is 11.3 Å². The summed E-state index contributed by atoms with van der Waals surface area (Å²) in [7, 11) is 0. The third-order valence-electron chi connectivity index (χ3n) is 5.71. The number of carbonyl (C=O) groups excluding carboxylic acids is 2. The Balaban J connectivity index is 1.55. The maximum absolute atomic E-state index is 13.3. The van der Waals surface area contributed by atoms with Gasteiger partial charge in [-0.25, -0.2) is 4.68 Å². The Hall–Kier alpha value is -4.69. The molecule has 0 unspecified atom stereocenters. The van der Waals surface area contributed by atoms with Crippen molar-refractivity contribution in [3.05, 3.63) is 137 Å². The first-order valence-corrected chi connectivity index (χ1v) is 12.7. The van der Waals surface area contributed by atoms with Crippen molar-refractivity contribution in [2.45, 2.75) is 6.54 Å². The van der Waals surface area contributed by atoms with Crippen LogP contribution < -0.4 is 10.6 Å². The Morgan fingerprint density at radius 2 is 1.61 bits per heavy atom. The van der Waals surface area contributed by atoms with Gasteiger partial charge in [-0.15, -0.1) is 0 Å². The highest BCUT2D eigenvalue weighted by atomic mass is 79.9. The van der Waals surface area contributed by atoms with Crippen LogP contribution in [0.2, 0.25) is 0 Å². The number of benzene rings is 3. The van der Waals surface area contributed by atoms with Gasteiger partial charge in [0.15, 0.2) is 0 Å². The fourth-order valence-electron chi connectivity index (χ4n) is 3.81. The molecule has 0 atom stereocenters. The Bertz CT molecular complexity index is 1560. The van der Waals surface area contributed by atoms with Gasteiger partial charge in [-0.05, 0) is 54.6 Å². The number of furan rings is 1. The van der Waals surface area contributed by atoms with Crippen molar-refractivity contribution in [1.82, 2.24) is 20.4 Å². The van der Waals surface area contributed by atoms with Gasteiger partial charge in [-0.1, -0.05) is 64.5 Å². The number of aromatic nitrogens is 2. The number of nitrogens with one attached hydrogen (secondary N) is 2. The first kappa shape index (κ1) is 25.0. The van der Waals surface area contributed by atoms with Crippen molar-refractivity contribution in [3.63, 3.8) is 0 Å². The Kier molecular flexibility index (Phi) is 7.61. The van der Waals surface area contributed by atoms with Crippen molar-refractivity contribution < 1.29 is 14.0 Å². The number of nitrogens with zero attached hydrogens (tertiary/aromatic N) is 2. The lowest BCUT2D eigenvalue weighted by Crippen LogP contribution is -2.34. The monoisotopic (exact) mass is 566 g/mol. The Morgan fingerprint density at radius 1 is 0.895 bits per heavy atom. The molecule has 0 radical (unpaired) electrons. The number of halogens is 1.